The summed E-state index contributed by atoms with van der Waals surface area (Å²) in [5.41, 5.74) is 0.742. The largest absolute Gasteiger partial charge is 0.388 e. The molecule has 0 spiro atoms. The van der Waals surface area contributed by atoms with Crippen LogP contribution in [0.5, 0.6) is 0 Å². The van der Waals surface area contributed by atoms with Gasteiger partial charge in [0, 0.05) is 5.88 Å². The number of benzene rings is 1. The third-order valence-electron chi connectivity index (χ3n) is 1.87. The van der Waals surface area contributed by atoms with Crippen molar-refractivity contribution >= 4 is 11.6 Å². The Morgan fingerprint density at radius 1 is 1.31 bits per heavy atom. The number of alkyl halides is 1. The van der Waals surface area contributed by atoms with E-state index < -0.39 is 6.10 Å². The Morgan fingerprint density at radius 3 is 2.46 bits per heavy atom. The van der Waals surface area contributed by atoms with Crippen molar-refractivity contribution in [2.45, 2.75) is 18.9 Å². The van der Waals surface area contributed by atoms with Crippen LogP contribution in [-0.4, -0.2) is 11.0 Å². The van der Waals surface area contributed by atoms with E-state index in [1.807, 2.05) is 0 Å². The van der Waals surface area contributed by atoms with Crippen molar-refractivity contribution in [3.63, 3.8) is 0 Å². The lowest BCUT2D eigenvalue weighted by Gasteiger charge is -2.09. The second-order valence-corrected chi connectivity index (χ2v) is 3.28. The summed E-state index contributed by atoms with van der Waals surface area (Å²) in [5.74, 6) is 0.256. The van der Waals surface area contributed by atoms with Crippen LogP contribution in [0, 0.1) is 5.82 Å². The molecule has 72 valence electrons. The van der Waals surface area contributed by atoms with Crippen molar-refractivity contribution in [3.05, 3.63) is 35.6 Å². The van der Waals surface area contributed by atoms with E-state index in [0.717, 1.165) is 12.0 Å². The van der Waals surface area contributed by atoms with Gasteiger partial charge in [-0.25, -0.2) is 4.39 Å². The zero-order valence-corrected chi connectivity index (χ0v) is 7.97. The molecule has 0 aromatic heterocycles. The van der Waals surface area contributed by atoms with E-state index in [9.17, 15) is 9.50 Å². The van der Waals surface area contributed by atoms with Gasteiger partial charge in [0.15, 0.2) is 0 Å². The fourth-order valence-electron chi connectivity index (χ4n) is 1.12. The van der Waals surface area contributed by atoms with Gasteiger partial charge in [-0.2, -0.15) is 0 Å². The van der Waals surface area contributed by atoms with E-state index in [-0.39, 0.29) is 5.82 Å². The Bertz CT molecular complexity index is 248. The van der Waals surface area contributed by atoms with Crippen LogP contribution in [0.15, 0.2) is 24.3 Å². The van der Waals surface area contributed by atoms with Gasteiger partial charge in [0.05, 0.1) is 6.10 Å². The van der Waals surface area contributed by atoms with Crippen LogP contribution >= 0.6 is 11.6 Å². The maximum absolute atomic E-state index is 12.5. The maximum Gasteiger partial charge on any atom is 0.123 e. The zero-order valence-electron chi connectivity index (χ0n) is 7.21. The first-order valence-electron chi connectivity index (χ1n) is 4.23. The molecule has 0 bridgehead atoms. The lowest BCUT2D eigenvalue weighted by atomic mass is 10.1. The molecule has 1 aromatic rings. The molecule has 3 heteroatoms. The predicted octanol–water partition coefficient (Wildman–Crippen LogP) is 2.88. The van der Waals surface area contributed by atoms with Gasteiger partial charge in [-0.3, -0.25) is 0 Å². The average molecular weight is 203 g/mol. The number of aliphatic hydroxyl groups excluding tert-OH is 1. The first-order valence-corrected chi connectivity index (χ1v) is 4.77. The number of hydrogen-bond donors (Lipinski definition) is 1. The van der Waals surface area contributed by atoms with E-state index >= 15 is 0 Å². The topological polar surface area (TPSA) is 20.2 Å². The molecule has 0 heterocycles. The standard InChI is InChI=1S/C10H12ClFO/c11-7-1-2-10(13)8-3-5-9(12)6-4-8/h3-6,10,13H,1-2,7H2/t10-/m1/s1. The van der Waals surface area contributed by atoms with Gasteiger partial charge in [0.1, 0.15) is 5.82 Å². The molecule has 0 saturated carbocycles. The Labute approximate surface area is 82.2 Å². The normalized spacial score (nSPS) is 12.8. The van der Waals surface area contributed by atoms with Gasteiger partial charge in [0.25, 0.3) is 0 Å². The highest BCUT2D eigenvalue weighted by Gasteiger charge is 2.06. The van der Waals surface area contributed by atoms with Crippen LogP contribution in [0.25, 0.3) is 0 Å². The van der Waals surface area contributed by atoms with Crippen LogP contribution in [-0.2, 0) is 0 Å². The van der Waals surface area contributed by atoms with E-state index in [2.05, 4.69) is 0 Å². The van der Waals surface area contributed by atoms with Crippen molar-refractivity contribution < 1.29 is 9.50 Å². The maximum atomic E-state index is 12.5. The summed E-state index contributed by atoms with van der Waals surface area (Å²) in [6.45, 7) is 0. The lowest BCUT2D eigenvalue weighted by Crippen LogP contribution is -1.97. The van der Waals surface area contributed by atoms with E-state index in [0.29, 0.717) is 12.3 Å². The predicted molar refractivity (Wildman–Crippen MR) is 51.3 cm³/mol. The quantitative estimate of drug-likeness (QED) is 0.745. The molecule has 1 atom stereocenters. The van der Waals surface area contributed by atoms with E-state index in [1.54, 1.807) is 12.1 Å². The highest BCUT2D eigenvalue weighted by atomic mass is 35.5. The molecule has 0 aliphatic heterocycles. The lowest BCUT2D eigenvalue weighted by molar-refractivity contribution is 0.166. The van der Waals surface area contributed by atoms with Crippen LogP contribution in [0.2, 0.25) is 0 Å². The van der Waals surface area contributed by atoms with Crippen LogP contribution in [0.1, 0.15) is 24.5 Å². The Kier molecular flexibility index (Phi) is 4.19. The summed E-state index contributed by atoms with van der Waals surface area (Å²) >= 11 is 5.49. The van der Waals surface area contributed by atoms with Crippen molar-refractivity contribution in [1.29, 1.82) is 0 Å². The molecule has 13 heavy (non-hydrogen) atoms. The minimum absolute atomic E-state index is 0.284. The van der Waals surface area contributed by atoms with E-state index in [4.69, 9.17) is 11.6 Å². The van der Waals surface area contributed by atoms with Gasteiger partial charge in [-0.05, 0) is 30.5 Å². The molecule has 0 radical (unpaired) electrons. The fourth-order valence-corrected chi connectivity index (χ4v) is 1.28. The first-order chi connectivity index (χ1) is 6.24. The number of hydrogen-bond acceptors (Lipinski definition) is 1. The molecular weight excluding hydrogens is 191 g/mol. The molecule has 1 nitrogen and oxygen atoms in total. The summed E-state index contributed by atoms with van der Waals surface area (Å²) in [6, 6.07) is 5.88. The van der Waals surface area contributed by atoms with Crippen LogP contribution in [0.3, 0.4) is 0 Å². The fraction of sp³-hybridized carbons (Fsp3) is 0.400. The van der Waals surface area contributed by atoms with Gasteiger partial charge in [-0.15, -0.1) is 11.6 Å². The smallest absolute Gasteiger partial charge is 0.123 e. The highest BCUT2D eigenvalue weighted by molar-refractivity contribution is 6.17. The monoisotopic (exact) mass is 202 g/mol. The summed E-state index contributed by atoms with van der Waals surface area (Å²) in [4.78, 5) is 0. The summed E-state index contributed by atoms with van der Waals surface area (Å²) < 4.78 is 12.5. The highest BCUT2D eigenvalue weighted by Crippen LogP contribution is 2.18. The second-order valence-electron chi connectivity index (χ2n) is 2.90. The molecule has 1 aromatic carbocycles. The summed E-state index contributed by atoms with van der Waals surface area (Å²) in [6.07, 6.45) is 0.856. The zero-order chi connectivity index (χ0) is 9.68. The van der Waals surface area contributed by atoms with Crippen molar-refractivity contribution in [1.82, 2.24) is 0 Å². The van der Waals surface area contributed by atoms with Crippen LogP contribution in [0.4, 0.5) is 4.39 Å². The molecule has 1 N–H and O–H groups in total. The third-order valence-corrected chi connectivity index (χ3v) is 2.13. The molecule has 1 rings (SSSR count). The molecule has 0 amide bonds. The minimum atomic E-state index is -0.528. The average Bonchev–Trinajstić information content (AvgIpc) is 2.15. The molecule has 0 fully saturated rings. The molecule has 0 unspecified atom stereocenters. The van der Waals surface area contributed by atoms with Crippen molar-refractivity contribution in [2.24, 2.45) is 0 Å². The van der Waals surface area contributed by atoms with Gasteiger partial charge >= 0.3 is 0 Å². The molecule has 0 saturated heterocycles. The molecular formula is C10H12ClFO. The molecule has 0 aliphatic carbocycles. The summed E-state index contributed by atoms with van der Waals surface area (Å²) in [5, 5.41) is 9.56. The minimum Gasteiger partial charge on any atom is -0.388 e. The summed E-state index contributed by atoms with van der Waals surface area (Å²) in [7, 11) is 0. The first kappa shape index (κ1) is 10.5. The van der Waals surface area contributed by atoms with Crippen molar-refractivity contribution in [2.75, 3.05) is 5.88 Å². The van der Waals surface area contributed by atoms with Gasteiger partial charge < -0.3 is 5.11 Å². The Morgan fingerprint density at radius 2 is 1.92 bits per heavy atom. The Balaban J connectivity index is 2.55. The van der Waals surface area contributed by atoms with Gasteiger partial charge in [0.2, 0.25) is 0 Å². The second kappa shape index (κ2) is 5.20. The van der Waals surface area contributed by atoms with Gasteiger partial charge in [-0.1, -0.05) is 12.1 Å². The third kappa shape index (κ3) is 3.33. The number of halogens is 2. The SMILES string of the molecule is O[C@H](CCCCl)c1ccc(F)cc1. The number of aliphatic hydroxyl groups is 1. The Hall–Kier alpha value is -0.600. The molecule has 0 aliphatic rings. The van der Waals surface area contributed by atoms with Crippen molar-refractivity contribution in [3.8, 4) is 0 Å². The van der Waals surface area contributed by atoms with Crippen LogP contribution < -0.4 is 0 Å². The van der Waals surface area contributed by atoms with E-state index in [1.165, 1.54) is 12.1 Å². The number of rotatable bonds is 4.